The summed E-state index contributed by atoms with van der Waals surface area (Å²) >= 11 is 0. The highest BCUT2D eigenvalue weighted by Crippen LogP contribution is 2.27. The Hall–Kier alpha value is -1.42. The number of aliphatic hydroxyl groups is 4. The molecule has 7 atom stereocenters. The molecule has 1 heterocycles. The van der Waals surface area contributed by atoms with Crippen LogP contribution in [0, 0.1) is 0 Å². The van der Waals surface area contributed by atoms with Gasteiger partial charge in [-0.1, -0.05) is 359 Å². The fraction of sp³-hybridized carbons (Fsp3) is 0.932. The maximum Gasteiger partial charge on any atom is 0.397 e. The lowest BCUT2D eigenvalue weighted by molar-refractivity contribution is -0.298. The first-order chi connectivity index (χ1) is 42.5. The average Bonchev–Trinajstić information content (AvgIpc) is 1.79. The SMILES string of the molecule is CCCCCCCCCCCCCCCC/C=C\CCCCCCCCCCCCCCCCCCCC(=O)NC(COC1OC(CO)C(O)C(OS(=O)(=O)O)C1O)C(O)/C=C/CCCCCCCCCCCCCCCCCCCCCCCCC. The van der Waals surface area contributed by atoms with E-state index in [1.165, 1.54) is 321 Å². The van der Waals surface area contributed by atoms with E-state index in [9.17, 15) is 38.2 Å². The van der Waals surface area contributed by atoms with Crippen molar-refractivity contribution in [1.29, 1.82) is 0 Å². The molecule has 6 N–H and O–H groups in total. The molecule has 0 saturated carbocycles. The molecule has 516 valence electrons. The van der Waals surface area contributed by atoms with Crippen molar-refractivity contribution in [2.75, 3.05) is 13.2 Å². The first kappa shape index (κ1) is 83.6. The number of aliphatic hydroxyl groups excluding tert-OH is 4. The minimum Gasteiger partial charge on any atom is -0.394 e. The van der Waals surface area contributed by atoms with Crippen molar-refractivity contribution in [2.45, 2.75) is 429 Å². The van der Waals surface area contributed by atoms with Gasteiger partial charge in [0.1, 0.15) is 24.4 Å². The molecule has 0 bridgehead atoms. The normalized spacial score (nSPS) is 18.2. The van der Waals surface area contributed by atoms with Crippen LogP contribution in [0.1, 0.15) is 386 Å². The Morgan fingerprint density at radius 3 is 1.03 bits per heavy atom. The maximum atomic E-state index is 13.2. The quantitative estimate of drug-likeness (QED) is 0.0193. The molecule has 12 nitrogen and oxygen atoms in total. The molecule has 0 aromatic heterocycles. The second kappa shape index (κ2) is 63.3. The summed E-state index contributed by atoms with van der Waals surface area (Å²) in [6.45, 7) is 3.47. The minimum absolute atomic E-state index is 0.254. The fourth-order valence-electron chi connectivity index (χ4n) is 12.5. The smallest absolute Gasteiger partial charge is 0.394 e. The van der Waals surface area contributed by atoms with Crippen LogP contribution < -0.4 is 5.32 Å². The van der Waals surface area contributed by atoms with Crippen LogP contribution in [0.3, 0.4) is 0 Å². The number of unbranched alkanes of at least 4 members (excludes halogenated alkanes) is 54. The van der Waals surface area contributed by atoms with Crippen molar-refractivity contribution in [3.05, 3.63) is 24.3 Å². The summed E-state index contributed by atoms with van der Waals surface area (Å²) in [6.07, 6.45) is 74.2. The Labute approximate surface area is 537 Å². The van der Waals surface area contributed by atoms with Gasteiger partial charge in [0.25, 0.3) is 0 Å². The van der Waals surface area contributed by atoms with Crippen LogP contribution in [-0.4, -0.2) is 95.4 Å². The lowest BCUT2D eigenvalue weighted by Gasteiger charge is -2.41. The Morgan fingerprint density at radius 2 is 0.736 bits per heavy atom. The topological polar surface area (TPSA) is 192 Å². The first-order valence-corrected chi connectivity index (χ1v) is 39.1. The highest BCUT2D eigenvalue weighted by Gasteiger charge is 2.48. The Kier molecular flexibility index (Phi) is 60.9. The van der Waals surface area contributed by atoms with Crippen molar-refractivity contribution in [3.8, 4) is 0 Å². The average molecular weight is 1260 g/mol. The van der Waals surface area contributed by atoms with Gasteiger partial charge in [-0.25, -0.2) is 4.18 Å². The molecule has 13 heteroatoms. The largest absolute Gasteiger partial charge is 0.397 e. The van der Waals surface area contributed by atoms with Gasteiger partial charge < -0.3 is 35.2 Å². The molecule has 0 aromatic rings. The highest BCUT2D eigenvalue weighted by molar-refractivity contribution is 7.80. The molecule has 0 aliphatic carbocycles. The fourth-order valence-corrected chi connectivity index (χ4v) is 13.0. The van der Waals surface area contributed by atoms with E-state index in [-0.39, 0.29) is 18.9 Å². The summed E-state index contributed by atoms with van der Waals surface area (Å²) < 4.78 is 48.1. The summed E-state index contributed by atoms with van der Waals surface area (Å²) in [5, 5.41) is 45.2. The van der Waals surface area contributed by atoms with E-state index in [0.29, 0.717) is 6.42 Å². The zero-order valence-electron chi connectivity index (χ0n) is 56.9. The maximum absolute atomic E-state index is 13.2. The van der Waals surface area contributed by atoms with Gasteiger partial charge in [0.15, 0.2) is 6.29 Å². The van der Waals surface area contributed by atoms with Crippen LogP contribution in [0.5, 0.6) is 0 Å². The summed E-state index contributed by atoms with van der Waals surface area (Å²) in [5.41, 5.74) is 0. The van der Waals surface area contributed by atoms with Gasteiger partial charge in [-0.05, 0) is 44.9 Å². The molecule has 1 aliphatic heterocycles. The molecular weight excluding hydrogens is 1110 g/mol. The standard InChI is InChI=1S/C74H143NO11S/c1-3-5-7-9-11-13-15-17-19-21-23-25-27-29-30-31-32-33-34-35-36-37-38-40-42-44-46-48-50-52-54-56-58-60-62-64-70(78)75-67(66-84-74-72(80)73(86-87(81,82)83)71(79)69(65-76)85-74)68(77)63-61-59-57-55-53-51-49-47-45-43-41-39-28-26-24-22-20-18-16-14-12-10-8-6-4-2/h31-32,61,63,67-69,71-74,76-77,79-80H,3-30,33-60,62,64-66H2,1-2H3,(H,75,78)(H,81,82,83)/b32-31-,63-61+. The van der Waals surface area contributed by atoms with E-state index in [2.05, 4.69) is 35.5 Å². The van der Waals surface area contributed by atoms with Crippen molar-refractivity contribution in [3.63, 3.8) is 0 Å². The molecule has 1 aliphatic rings. The van der Waals surface area contributed by atoms with Crippen LogP contribution in [0.4, 0.5) is 0 Å². The number of carbonyl (C=O) groups is 1. The monoisotopic (exact) mass is 1250 g/mol. The summed E-state index contributed by atoms with van der Waals surface area (Å²) in [5.74, 6) is -0.254. The van der Waals surface area contributed by atoms with Gasteiger partial charge in [-0.2, -0.15) is 8.42 Å². The van der Waals surface area contributed by atoms with E-state index in [0.717, 1.165) is 38.5 Å². The Balaban J connectivity index is 2.20. The molecule has 1 rings (SSSR count). The first-order valence-electron chi connectivity index (χ1n) is 37.7. The van der Waals surface area contributed by atoms with Gasteiger partial charge in [-0.3, -0.25) is 9.35 Å². The van der Waals surface area contributed by atoms with E-state index in [1.807, 2.05) is 6.08 Å². The van der Waals surface area contributed by atoms with Gasteiger partial charge in [0.2, 0.25) is 5.91 Å². The van der Waals surface area contributed by atoms with E-state index >= 15 is 0 Å². The van der Waals surface area contributed by atoms with Crippen LogP contribution >= 0.6 is 0 Å². The number of carbonyl (C=O) groups excluding carboxylic acids is 1. The number of rotatable bonds is 68. The van der Waals surface area contributed by atoms with E-state index in [1.54, 1.807) is 6.08 Å². The lowest BCUT2D eigenvalue weighted by Crippen LogP contribution is -2.61. The molecule has 1 fully saturated rings. The number of hydrogen-bond donors (Lipinski definition) is 6. The van der Waals surface area contributed by atoms with Crippen molar-refractivity contribution in [1.82, 2.24) is 5.32 Å². The van der Waals surface area contributed by atoms with Gasteiger partial charge >= 0.3 is 10.4 Å². The van der Waals surface area contributed by atoms with Gasteiger partial charge in [-0.15, -0.1) is 0 Å². The third-order valence-corrected chi connectivity index (χ3v) is 18.7. The van der Waals surface area contributed by atoms with Crippen molar-refractivity contribution < 1.29 is 51.8 Å². The molecule has 0 aromatic carbocycles. The molecular formula is C74H143NO11S. The number of allylic oxidation sites excluding steroid dienone is 3. The molecule has 87 heavy (non-hydrogen) atoms. The molecule has 0 radical (unpaired) electrons. The Bertz CT molecular complexity index is 1620. The third-order valence-electron chi connectivity index (χ3n) is 18.2. The van der Waals surface area contributed by atoms with Gasteiger partial charge in [0, 0.05) is 6.42 Å². The summed E-state index contributed by atoms with van der Waals surface area (Å²) in [4.78, 5) is 13.2. The number of amides is 1. The number of ether oxygens (including phenoxy) is 2. The predicted molar refractivity (Wildman–Crippen MR) is 365 cm³/mol. The van der Waals surface area contributed by atoms with E-state index < -0.39 is 59.9 Å². The predicted octanol–water partition coefficient (Wildman–Crippen LogP) is 20.3. The zero-order chi connectivity index (χ0) is 63.2. The molecule has 7 unspecified atom stereocenters. The second-order valence-corrected chi connectivity index (χ2v) is 27.6. The summed E-state index contributed by atoms with van der Waals surface area (Å²) in [6, 6.07) is -0.944. The molecule has 1 saturated heterocycles. The van der Waals surface area contributed by atoms with Crippen molar-refractivity contribution >= 4 is 16.3 Å². The van der Waals surface area contributed by atoms with Gasteiger partial charge in [0.05, 0.1) is 25.4 Å². The molecule has 1 amide bonds. The van der Waals surface area contributed by atoms with Crippen LogP contribution in [0.15, 0.2) is 24.3 Å². The van der Waals surface area contributed by atoms with E-state index in [4.69, 9.17) is 9.47 Å². The minimum atomic E-state index is -5.09. The second-order valence-electron chi connectivity index (χ2n) is 26.6. The van der Waals surface area contributed by atoms with Crippen LogP contribution in [-0.2, 0) is 28.9 Å². The molecule has 0 spiro atoms. The van der Waals surface area contributed by atoms with Crippen molar-refractivity contribution in [2.24, 2.45) is 0 Å². The zero-order valence-corrected chi connectivity index (χ0v) is 57.7. The highest BCUT2D eigenvalue weighted by atomic mass is 32.3. The number of nitrogens with one attached hydrogen (secondary N) is 1. The van der Waals surface area contributed by atoms with Crippen LogP contribution in [0.25, 0.3) is 0 Å². The number of hydrogen-bond acceptors (Lipinski definition) is 10. The lowest BCUT2D eigenvalue weighted by atomic mass is 9.99. The third kappa shape index (κ3) is 54.8. The van der Waals surface area contributed by atoms with Crippen LogP contribution in [0.2, 0.25) is 0 Å². The summed E-state index contributed by atoms with van der Waals surface area (Å²) in [7, 11) is -5.09. The Morgan fingerprint density at radius 1 is 0.448 bits per heavy atom.